The van der Waals surface area contributed by atoms with Crippen LogP contribution in [-0.4, -0.2) is 5.11 Å². The second-order valence-corrected chi connectivity index (χ2v) is 4.21. The highest BCUT2D eigenvalue weighted by molar-refractivity contribution is 9.10. The van der Waals surface area contributed by atoms with Gasteiger partial charge in [-0.25, -0.2) is 0 Å². The summed E-state index contributed by atoms with van der Waals surface area (Å²) in [6.45, 7) is 2.30. The Kier molecular flexibility index (Phi) is 3.55. The molecule has 0 atom stereocenters. The summed E-state index contributed by atoms with van der Waals surface area (Å²) in [4.78, 5) is 1.31. The van der Waals surface area contributed by atoms with E-state index in [1.54, 1.807) is 11.3 Å². The zero-order chi connectivity index (χ0) is 8.27. The van der Waals surface area contributed by atoms with E-state index in [0.717, 1.165) is 22.9 Å². The van der Waals surface area contributed by atoms with Crippen molar-refractivity contribution in [2.45, 2.75) is 26.4 Å². The summed E-state index contributed by atoms with van der Waals surface area (Å²) in [5.41, 5.74) is 1.07. The summed E-state index contributed by atoms with van der Waals surface area (Å²) >= 11 is 5.12. The Bertz CT molecular complexity index is 232. The lowest BCUT2D eigenvalue weighted by molar-refractivity contribution is 0.280. The van der Waals surface area contributed by atoms with Crippen LogP contribution in [0.4, 0.5) is 0 Å². The van der Waals surface area contributed by atoms with Crippen molar-refractivity contribution in [1.82, 2.24) is 0 Å². The summed E-state index contributed by atoms with van der Waals surface area (Å²) in [5.74, 6) is 0. The predicted molar refractivity (Wildman–Crippen MR) is 51.9 cm³/mol. The van der Waals surface area contributed by atoms with Gasteiger partial charge in [0.15, 0.2) is 0 Å². The van der Waals surface area contributed by atoms with Crippen LogP contribution in [-0.2, 0) is 13.0 Å². The lowest BCUT2D eigenvalue weighted by Crippen LogP contribution is -1.87. The Hall–Kier alpha value is 0.140. The van der Waals surface area contributed by atoms with Crippen LogP contribution in [0.3, 0.4) is 0 Å². The van der Waals surface area contributed by atoms with Crippen LogP contribution in [0.2, 0.25) is 0 Å². The summed E-state index contributed by atoms with van der Waals surface area (Å²) in [7, 11) is 0. The maximum Gasteiger partial charge on any atom is 0.0703 e. The van der Waals surface area contributed by atoms with Crippen molar-refractivity contribution < 1.29 is 5.11 Å². The van der Waals surface area contributed by atoms with Crippen molar-refractivity contribution in [1.29, 1.82) is 0 Å². The fraction of sp³-hybridized carbons (Fsp3) is 0.500. The Balaban J connectivity index is 2.86. The molecule has 1 N–H and O–H groups in total. The van der Waals surface area contributed by atoms with Crippen LogP contribution in [0.15, 0.2) is 9.85 Å². The molecule has 3 heteroatoms. The summed E-state index contributed by atoms with van der Waals surface area (Å²) < 4.78 is 1.05. The molecule has 0 aliphatic heterocycles. The molecule has 1 rings (SSSR count). The van der Waals surface area contributed by atoms with E-state index in [9.17, 15) is 0 Å². The largest absolute Gasteiger partial charge is 0.392 e. The first kappa shape index (κ1) is 9.23. The molecule has 0 fully saturated rings. The first-order valence-electron chi connectivity index (χ1n) is 3.65. The second kappa shape index (κ2) is 4.24. The quantitative estimate of drug-likeness (QED) is 0.853. The highest BCUT2D eigenvalue weighted by atomic mass is 79.9. The molecule has 0 saturated heterocycles. The molecule has 1 heterocycles. The lowest BCUT2D eigenvalue weighted by Gasteiger charge is -1.97. The third-order valence-corrected chi connectivity index (χ3v) is 3.66. The fourth-order valence-electron chi connectivity index (χ4n) is 0.999. The molecule has 0 bridgehead atoms. The average Bonchev–Trinajstić information content (AvgIpc) is 2.33. The van der Waals surface area contributed by atoms with E-state index in [1.165, 1.54) is 4.88 Å². The van der Waals surface area contributed by atoms with Gasteiger partial charge < -0.3 is 5.11 Å². The monoisotopic (exact) mass is 234 g/mol. The highest BCUT2D eigenvalue weighted by Gasteiger charge is 2.06. The molecule has 1 nitrogen and oxygen atoms in total. The van der Waals surface area contributed by atoms with Gasteiger partial charge in [0.05, 0.1) is 6.61 Å². The zero-order valence-corrected chi connectivity index (χ0v) is 8.83. The number of hydrogen-bond donors (Lipinski definition) is 1. The van der Waals surface area contributed by atoms with Crippen LogP contribution in [0.1, 0.15) is 23.8 Å². The van der Waals surface area contributed by atoms with Gasteiger partial charge in [-0.05, 0) is 22.4 Å². The van der Waals surface area contributed by atoms with Gasteiger partial charge in [-0.2, -0.15) is 0 Å². The first-order chi connectivity index (χ1) is 5.29. The van der Waals surface area contributed by atoms with Gasteiger partial charge in [-0.15, -0.1) is 11.3 Å². The van der Waals surface area contributed by atoms with E-state index in [1.807, 2.05) is 5.38 Å². The molecule has 62 valence electrons. The number of thiophene rings is 1. The van der Waals surface area contributed by atoms with Crippen molar-refractivity contribution >= 4 is 27.3 Å². The molecular formula is C8H11BrOS. The SMILES string of the molecule is CCCc1scc(Br)c1CO. The van der Waals surface area contributed by atoms with E-state index < -0.39 is 0 Å². The Labute approximate surface area is 79.2 Å². The minimum Gasteiger partial charge on any atom is -0.392 e. The minimum atomic E-state index is 0.152. The molecule has 0 saturated carbocycles. The zero-order valence-electron chi connectivity index (χ0n) is 6.43. The molecule has 0 spiro atoms. The van der Waals surface area contributed by atoms with Crippen LogP contribution in [0.5, 0.6) is 0 Å². The molecule has 0 aliphatic rings. The van der Waals surface area contributed by atoms with Gasteiger partial charge in [-0.3, -0.25) is 0 Å². The fourth-order valence-corrected chi connectivity index (χ4v) is 2.80. The van der Waals surface area contributed by atoms with Crippen molar-refractivity contribution in [2.75, 3.05) is 0 Å². The Morgan fingerprint density at radius 1 is 1.64 bits per heavy atom. The maximum atomic E-state index is 8.99. The predicted octanol–water partition coefficient (Wildman–Crippen LogP) is 2.96. The summed E-state index contributed by atoms with van der Waals surface area (Å²) in [6, 6.07) is 0. The van der Waals surface area contributed by atoms with Gasteiger partial charge >= 0.3 is 0 Å². The third-order valence-electron chi connectivity index (χ3n) is 1.56. The average molecular weight is 235 g/mol. The van der Waals surface area contributed by atoms with E-state index in [0.29, 0.717) is 0 Å². The Morgan fingerprint density at radius 2 is 2.36 bits per heavy atom. The Morgan fingerprint density at radius 3 is 2.91 bits per heavy atom. The third kappa shape index (κ3) is 2.04. The molecule has 0 aliphatic carbocycles. The standard InChI is InChI=1S/C8H11BrOS/c1-2-3-8-6(4-10)7(9)5-11-8/h5,10H,2-4H2,1H3. The van der Waals surface area contributed by atoms with Crippen molar-refractivity contribution in [2.24, 2.45) is 0 Å². The molecular weight excluding hydrogens is 224 g/mol. The summed E-state index contributed by atoms with van der Waals surface area (Å²) in [5, 5.41) is 11.0. The first-order valence-corrected chi connectivity index (χ1v) is 5.32. The number of aliphatic hydroxyl groups is 1. The van der Waals surface area contributed by atoms with Crippen molar-refractivity contribution in [3.63, 3.8) is 0 Å². The highest BCUT2D eigenvalue weighted by Crippen LogP contribution is 2.28. The molecule has 0 radical (unpaired) electrons. The minimum absolute atomic E-state index is 0.152. The van der Waals surface area contributed by atoms with Crippen LogP contribution in [0.25, 0.3) is 0 Å². The van der Waals surface area contributed by atoms with E-state index >= 15 is 0 Å². The molecule has 1 aromatic rings. The normalized spacial score (nSPS) is 10.5. The second-order valence-electron chi connectivity index (χ2n) is 2.39. The van der Waals surface area contributed by atoms with Gasteiger partial charge in [0, 0.05) is 20.3 Å². The smallest absolute Gasteiger partial charge is 0.0703 e. The molecule has 0 unspecified atom stereocenters. The van der Waals surface area contributed by atoms with Crippen molar-refractivity contribution in [3.8, 4) is 0 Å². The van der Waals surface area contributed by atoms with Crippen LogP contribution < -0.4 is 0 Å². The molecule has 1 aromatic heterocycles. The maximum absolute atomic E-state index is 8.99. The number of rotatable bonds is 3. The van der Waals surface area contributed by atoms with Crippen LogP contribution >= 0.6 is 27.3 Å². The van der Waals surface area contributed by atoms with E-state index in [-0.39, 0.29) is 6.61 Å². The number of aliphatic hydroxyl groups excluding tert-OH is 1. The van der Waals surface area contributed by atoms with Gasteiger partial charge in [0.25, 0.3) is 0 Å². The topological polar surface area (TPSA) is 20.2 Å². The lowest BCUT2D eigenvalue weighted by atomic mass is 10.2. The van der Waals surface area contributed by atoms with Gasteiger partial charge in [0.2, 0.25) is 0 Å². The molecule has 0 amide bonds. The molecule has 0 aromatic carbocycles. The summed E-state index contributed by atoms with van der Waals surface area (Å²) in [6.07, 6.45) is 2.21. The van der Waals surface area contributed by atoms with Gasteiger partial charge in [-0.1, -0.05) is 13.3 Å². The number of aryl methyl sites for hydroxylation is 1. The number of halogens is 1. The number of hydrogen-bond acceptors (Lipinski definition) is 2. The van der Waals surface area contributed by atoms with Crippen molar-refractivity contribution in [3.05, 3.63) is 20.3 Å². The van der Waals surface area contributed by atoms with E-state index in [4.69, 9.17) is 5.11 Å². The van der Waals surface area contributed by atoms with Gasteiger partial charge in [0.1, 0.15) is 0 Å². The van der Waals surface area contributed by atoms with E-state index in [2.05, 4.69) is 22.9 Å². The van der Waals surface area contributed by atoms with Crippen LogP contribution in [0, 0.1) is 0 Å². The molecule has 11 heavy (non-hydrogen) atoms.